The molecule has 1 amide bonds. The molecule has 0 aromatic carbocycles. The summed E-state index contributed by atoms with van der Waals surface area (Å²) >= 11 is 0. The van der Waals surface area contributed by atoms with Crippen molar-refractivity contribution in [2.75, 3.05) is 0 Å². The average Bonchev–Trinajstić information content (AvgIpc) is 1.99. The Morgan fingerprint density at radius 3 is 1.00 bits per heavy atom. The molecule has 0 saturated heterocycles. The van der Waals surface area contributed by atoms with E-state index in [1.807, 2.05) is 27.7 Å². The van der Waals surface area contributed by atoms with Crippen LogP contribution in [0.25, 0.3) is 0 Å². The van der Waals surface area contributed by atoms with Crippen LogP contribution in [0.2, 0.25) is 0 Å². The lowest BCUT2D eigenvalue weighted by molar-refractivity contribution is -0.124. The first kappa shape index (κ1) is 26.1. The van der Waals surface area contributed by atoms with Gasteiger partial charge >= 0.3 is 0 Å². The number of hydrogen-bond acceptors (Lipinski definition) is 1. The van der Waals surface area contributed by atoms with Gasteiger partial charge in [-0.25, -0.2) is 0 Å². The molecule has 0 bridgehead atoms. The minimum Gasteiger partial charge on any atom is -0.354 e. The van der Waals surface area contributed by atoms with Crippen LogP contribution >= 0.6 is 0 Å². The van der Waals surface area contributed by atoms with Gasteiger partial charge in [0.15, 0.2) is 0 Å². The highest BCUT2D eigenvalue weighted by Crippen LogP contribution is 1.91. The van der Waals surface area contributed by atoms with Crippen molar-refractivity contribution in [2.24, 2.45) is 17.8 Å². The highest BCUT2D eigenvalue weighted by Gasteiger charge is 2.06. The second-order valence-corrected chi connectivity index (χ2v) is 6.28. The predicted molar refractivity (Wildman–Crippen MR) is 85.9 cm³/mol. The maximum Gasteiger partial charge on any atom is 0.222 e. The summed E-state index contributed by atoms with van der Waals surface area (Å²) < 4.78 is 0. The maximum absolute atomic E-state index is 10.8. The lowest BCUT2D eigenvalue weighted by Crippen LogP contribution is -2.33. The van der Waals surface area contributed by atoms with Gasteiger partial charge in [-0.3, -0.25) is 4.79 Å². The van der Waals surface area contributed by atoms with E-state index in [4.69, 9.17) is 0 Å². The van der Waals surface area contributed by atoms with E-state index in [1.165, 1.54) is 0 Å². The molecule has 0 aliphatic carbocycles. The maximum atomic E-state index is 10.8. The molecule has 18 heavy (non-hydrogen) atoms. The van der Waals surface area contributed by atoms with Gasteiger partial charge in [0.1, 0.15) is 0 Å². The smallest absolute Gasteiger partial charge is 0.222 e. The largest absolute Gasteiger partial charge is 0.354 e. The first-order valence-corrected chi connectivity index (χ1v) is 6.80. The molecule has 0 fully saturated rings. The fourth-order valence-corrected chi connectivity index (χ4v) is 0.451. The van der Waals surface area contributed by atoms with Crippen molar-refractivity contribution >= 4 is 5.91 Å². The molecule has 0 saturated carbocycles. The minimum atomic E-state index is 0. The van der Waals surface area contributed by atoms with Gasteiger partial charge in [0.2, 0.25) is 5.91 Å². The third-order valence-electron chi connectivity index (χ3n) is 0.955. The van der Waals surface area contributed by atoms with Crippen LogP contribution in [0.5, 0.6) is 0 Å². The van der Waals surface area contributed by atoms with E-state index in [9.17, 15) is 4.79 Å². The van der Waals surface area contributed by atoms with E-state index < -0.39 is 0 Å². The van der Waals surface area contributed by atoms with E-state index in [-0.39, 0.29) is 25.3 Å². The molecule has 0 atom stereocenters. The zero-order valence-electron chi connectivity index (χ0n) is 13.7. The summed E-state index contributed by atoms with van der Waals surface area (Å²) in [7, 11) is 0. The molecule has 0 aliphatic rings. The number of rotatable bonds is 2. The van der Waals surface area contributed by atoms with Gasteiger partial charge < -0.3 is 5.32 Å². The Bertz CT molecular complexity index is 149. The van der Waals surface area contributed by atoms with Gasteiger partial charge in [-0.2, -0.15) is 0 Å². The van der Waals surface area contributed by atoms with Crippen LogP contribution in [0.1, 0.15) is 76.7 Å². The summed E-state index contributed by atoms with van der Waals surface area (Å²) in [6.07, 6.45) is 0. The zero-order valence-corrected chi connectivity index (χ0v) is 13.7. The average molecular weight is 261 g/mol. The number of nitrogens with one attached hydrogen (secondary N) is 1. The Morgan fingerprint density at radius 1 is 0.722 bits per heavy atom. The van der Waals surface area contributed by atoms with E-state index in [1.54, 1.807) is 0 Å². The fourth-order valence-electron chi connectivity index (χ4n) is 0.451. The summed E-state index contributed by atoms with van der Waals surface area (Å²) in [6, 6.07) is 0.264. The molecule has 2 nitrogen and oxygen atoms in total. The van der Waals surface area contributed by atoms with Gasteiger partial charge in [0.25, 0.3) is 0 Å². The molecule has 1 N–H and O–H groups in total. The Balaban J connectivity index is -0.0000000922. The molecule has 0 rings (SSSR count). The zero-order chi connectivity index (χ0) is 14.6. The van der Waals surface area contributed by atoms with Crippen molar-refractivity contribution in [2.45, 2.75) is 82.7 Å². The second-order valence-electron chi connectivity index (χ2n) is 6.28. The van der Waals surface area contributed by atoms with Crippen LogP contribution in [-0.4, -0.2) is 11.9 Å². The third kappa shape index (κ3) is 58.0. The van der Waals surface area contributed by atoms with Crippen LogP contribution in [0.3, 0.4) is 0 Å². The van der Waals surface area contributed by atoms with Crippen molar-refractivity contribution in [1.82, 2.24) is 5.32 Å². The van der Waals surface area contributed by atoms with Gasteiger partial charge in [-0.15, -0.1) is 0 Å². The van der Waals surface area contributed by atoms with Crippen molar-refractivity contribution in [1.29, 1.82) is 0 Å². The molecule has 2 heteroatoms. The summed E-state index contributed by atoms with van der Waals surface area (Å²) in [4.78, 5) is 10.8. The predicted octanol–water partition coefficient (Wildman–Crippen LogP) is 5.13. The van der Waals surface area contributed by atoms with Gasteiger partial charge in [-0.05, 0) is 25.7 Å². The highest BCUT2D eigenvalue weighted by atomic mass is 16.1. The SMILES string of the molecule is C.CC(C)C.CC(C)C.CC(C)NC(=O)C(C)C. The van der Waals surface area contributed by atoms with Crippen molar-refractivity contribution in [3.63, 3.8) is 0 Å². The standard InChI is InChI=1S/C7H15NO.2C4H10.CH4/c1-5(2)7(9)8-6(3)4;2*1-4(2)3;/h5-6H,1-4H3,(H,8,9);2*4H,1-3H3;1H4. The number of carbonyl (C=O) groups excluding carboxylic acids is 1. The van der Waals surface area contributed by atoms with E-state index in [0.717, 1.165) is 11.8 Å². The van der Waals surface area contributed by atoms with E-state index in [0.29, 0.717) is 0 Å². The summed E-state index contributed by atoms with van der Waals surface area (Å²) in [5, 5.41) is 2.80. The molecule has 114 valence electrons. The topological polar surface area (TPSA) is 29.1 Å². The first-order valence-electron chi connectivity index (χ1n) is 6.80. The van der Waals surface area contributed by atoms with Gasteiger partial charge in [0, 0.05) is 12.0 Å². The molecule has 0 aromatic rings. The summed E-state index contributed by atoms with van der Waals surface area (Å²) in [5.74, 6) is 1.90. The number of carbonyl (C=O) groups is 1. The van der Waals surface area contributed by atoms with E-state index in [2.05, 4.69) is 46.9 Å². The quantitative estimate of drug-likeness (QED) is 0.733. The monoisotopic (exact) mass is 261 g/mol. The lowest BCUT2D eigenvalue weighted by atomic mass is 10.2. The van der Waals surface area contributed by atoms with Crippen LogP contribution in [-0.2, 0) is 4.79 Å². The van der Waals surface area contributed by atoms with Crippen molar-refractivity contribution in [3.05, 3.63) is 0 Å². The number of amides is 1. The van der Waals surface area contributed by atoms with Crippen LogP contribution in [0.15, 0.2) is 0 Å². The third-order valence-corrected chi connectivity index (χ3v) is 0.955. The molecular weight excluding hydrogens is 222 g/mol. The normalized spacial score (nSPS) is 9.22. The lowest BCUT2D eigenvalue weighted by Gasteiger charge is -2.09. The Morgan fingerprint density at radius 2 is 0.944 bits per heavy atom. The van der Waals surface area contributed by atoms with Crippen LogP contribution in [0, 0.1) is 17.8 Å². The van der Waals surface area contributed by atoms with Gasteiger partial charge in [0.05, 0.1) is 0 Å². The Labute approximate surface area is 117 Å². The Hall–Kier alpha value is -0.530. The van der Waals surface area contributed by atoms with Crippen LogP contribution < -0.4 is 5.32 Å². The molecule has 0 aromatic heterocycles. The summed E-state index contributed by atoms with van der Waals surface area (Å²) in [6.45, 7) is 20.7. The second kappa shape index (κ2) is 16.5. The highest BCUT2D eigenvalue weighted by molar-refractivity contribution is 5.78. The molecular formula is C16H39NO. The molecule has 0 heterocycles. The molecule has 0 spiro atoms. The first-order chi connectivity index (χ1) is 7.50. The minimum absolute atomic E-state index is 0. The Kier molecular flexibility index (Phi) is 23.9. The van der Waals surface area contributed by atoms with Gasteiger partial charge in [-0.1, -0.05) is 62.8 Å². The van der Waals surface area contributed by atoms with E-state index >= 15 is 0 Å². The van der Waals surface area contributed by atoms with Crippen molar-refractivity contribution in [3.8, 4) is 0 Å². The number of hydrogen-bond donors (Lipinski definition) is 1. The van der Waals surface area contributed by atoms with Crippen molar-refractivity contribution < 1.29 is 4.79 Å². The molecule has 0 aliphatic heterocycles. The molecule has 0 unspecified atom stereocenters. The summed E-state index contributed by atoms with van der Waals surface area (Å²) in [5.41, 5.74) is 0. The van der Waals surface area contributed by atoms with Crippen LogP contribution in [0.4, 0.5) is 0 Å². The fraction of sp³-hybridized carbons (Fsp3) is 0.938. The molecule has 0 radical (unpaired) electrons.